The zero-order valence-electron chi connectivity index (χ0n) is 10.4. The number of likely N-dealkylation sites (tertiary alicyclic amines) is 1. The molecule has 1 atom stereocenters. The summed E-state index contributed by atoms with van der Waals surface area (Å²) in [5.74, 6) is 0.743. The smallest absolute Gasteiger partial charge is 0.323 e. The van der Waals surface area contributed by atoms with Crippen LogP contribution in [0.2, 0.25) is 0 Å². The van der Waals surface area contributed by atoms with Gasteiger partial charge in [-0.3, -0.25) is 5.32 Å². The molecular weight excluding hydrogens is 266 g/mol. The number of carbonyl (C=O) groups excluding carboxylic acids is 1. The number of aryl methyl sites for hydroxylation is 1. The van der Waals surface area contributed by atoms with E-state index < -0.39 is 0 Å². The van der Waals surface area contributed by atoms with Crippen LogP contribution in [0, 0.1) is 6.92 Å². The third-order valence-corrected chi connectivity index (χ3v) is 3.66. The number of nitrogens with zero attached hydrogens (tertiary/aromatic N) is 4. The average molecular weight is 279 g/mol. The Morgan fingerprint density at radius 1 is 1.63 bits per heavy atom. The molecule has 0 bridgehead atoms. The Balaban J connectivity index is 1.74. The molecular formula is C11H13N5O2S. The quantitative estimate of drug-likeness (QED) is 0.911. The Morgan fingerprint density at radius 3 is 3.21 bits per heavy atom. The molecule has 8 heteroatoms. The second-order valence-corrected chi connectivity index (χ2v) is 5.22. The normalized spacial score (nSPS) is 18.8. The minimum atomic E-state index is -0.150. The van der Waals surface area contributed by atoms with Crippen molar-refractivity contribution in [2.45, 2.75) is 25.8 Å². The highest BCUT2D eigenvalue weighted by Crippen LogP contribution is 2.32. The van der Waals surface area contributed by atoms with Gasteiger partial charge >= 0.3 is 6.03 Å². The molecule has 0 spiro atoms. The fraction of sp³-hybridized carbons (Fsp3) is 0.455. The van der Waals surface area contributed by atoms with Crippen LogP contribution in [-0.2, 0) is 0 Å². The van der Waals surface area contributed by atoms with Gasteiger partial charge < -0.3 is 9.42 Å². The summed E-state index contributed by atoms with van der Waals surface area (Å²) >= 11 is 1.16. The van der Waals surface area contributed by atoms with Crippen LogP contribution in [0.1, 0.15) is 30.3 Å². The molecule has 100 valence electrons. The van der Waals surface area contributed by atoms with Gasteiger partial charge in [0.15, 0.2) is 5.76 Å². The van der Waals surface area contributed by atoms with Gasteiger partial charge in [-0.05, 0) is 19.8 Å². The number of hydrogen-bond acceptors (Lipinski definition) is 6. The standard InChI is InChI=1S/C11H13N5O2S/c1-7-5-9(18-14-7)8-3-2-4-16(8)11(17)13-10-6-12-15-19-10/h5-6,8H,2-4H2,1H3,(H,13,17)/t8-/m1/s1. The first-order valence-electron chi connectivity index (χ1n) is 6.02. The van der Waals surface area contributed by atoms with Gasteiger partial charge in [0.1, 0.15) is 5.00 Å². The van der Waals surface area contributed by atoms with Crippen molar-refractivity contribution in [3.8, 4) is 0 Å². The van der Waals surface area contributed by atoms with Gasteiger partial charge in [-0.2, -0.15) is 0 Å². The molecule has 1 aliphatic rings. The number of anilines is 1. The number of amides is 2. The van der Waals surface area contributed by atoms with Crippen molar-refractivity contribution in [1.82, 2.24) is 19.6 Å². The Labute approximate surface area is 113 Å². The maximum Gasteiger partial charge on any atom is 0.323 e. The van der Waals surface area contributed by atoms with E-state index in [1.54, 1.807) is 4.90 Å². The van der Waals surface area contributed by atoms with Gasteiger partial charge in [0.05, 0.1) is 17.9 Å². The molecule has 0 aromatic carbocycles. The van der Waals surface area contributed by atoms with Crippen LogP contribution >= 0.6 is 11.5 Å². The van der Waals surface area contributed by atoms with Crippen LogP contribution < -0.4 is 5.32 Å². The second-order valence-electron chi connectivity index (χ2n) is 4.43. The predicted molar refractivity (Wildman–Crippen MR) is 68.8 cm³/mol. The van der Waals surface area contributed by atoms with Crippen molar-refractivity contribution < 1.29 is 9.32 Å². The molecule has 1 saturated heterocycles. The third-order valence-electron chi connectivity index (χ3n) is 3.08. The molecule has 0 saturated carbocycles. The van der Waals surface area contributed by atoms with Crippen LogP contribution in [0.25, 0.3) is 0 Å². The van der Waals surface area contributed by atoms with E-state index in [0.717, 1.165) is 35.8 Å². The fourth-order valence-electron chi connectivity index (χ4n) is 2.25. The second kappa shape index (κ2) is 4.96. The van der Waals surface area contributed by atoms with Gasteiger partial charge in [0.25, 0.3) is 0 Å². The number of nitrogens with one attached hydrogen (secondary N) is 1. The largest absolute Gasteiger partial charge is 0.359 e. The molecule has 1 aliphatic heterocycles. The summed E-state index contributed by atoms with van der Waals surface area (Å²) in [4.78, 5) is 14.0. The molecule has 2 aromatic heterocycles. The monoisotopic (exact) mass is 279 g/mol. The zero-order valence-corrected chi connectivity index (χ0v) is 11.2. The number of aromatic nitrogens is 3. The summed E-state index contributed by atoms with van der Waals surface area (Å²) in [5.41, 5.74) is 0.828. The van der Waals surface area contributed by atoms with Gasteiger partial charge in [-0.25, -0.2) is 4.79 Å². The fourth-order valence-corrected chi connectivity index (χ4v) is 2.65. The van der Waals surface area contributed by atoms with E-state index in [1.165, 1.54) is 6.20 Å². The van der Waals surface area contributed by atoms with Crippen molar-refractivity contribution in [2.24, 2.45) is 0 Å². The molecule has 1 fully saturated rings. The van der Waals surface area contributed by atoms with Crippen LogP contribution in [0.3, 0.4) is 0 Å². The molecule has 1 N–H and O–H groups in total. The van der Waals surface area contributed by atoms with Crippen LogP contribution in [0.15, 0.2) is 16.8 Å². The molecule has 3 heterocycles. The van der Waals surface area contributed by atoms with E-state index in [0.29, 0.717) is 11.5 Å². The first-order valence-corrected chi connectivity index (χ1v) is 6.79. The maximum atomic E-state index is 12.2. The average Bonchev–Trinajstić information content (AvgIpc) is 3.07. The van der Waals surface area contributed by atoms with E-state index in [1.807, 2.05) is 13.0 Å². The Kier molecular flexibility index (Phi) is 3.16. The lowest BCUT2D eigenvalue weighted by Gasteiger charge is -2.22. The minimum Gasteiger partial charge on any atom is -0.359 e. The van der Waals surface area contributed by atoms with Gasteiger partial charge in [0, 0.05) is 24.1 Å². The van der Waals surface area contributed by atoms with Crippen LogP contribution in [-0.4, -0.2) is 32.2 Å². The highest BCUT2D eigenvalue weighted by atomic mass is 32.1. The van der Waals surface area contributed by atoms with E-state index in [9.17, 15) is 4.79 Å². The maximum absolute atomic E-state index is 12.2. The lowest BCUT2D eigenvalue weighted by Crippen LogP contribution is -2.34. The molecule has 7 nitrogen and oxygen atoms in total. The SMILES string of the molecule is Cc1cc([C@H]2CCCN2C(=O)Nc2cnns2)on1. The zero-order chi connectivity index (χ0) is 13.2. The topological polar surface area (TPSA) is 84.2 Å². The summed E-state index contributed by atoms with van der Waals surface area (Å²) in [6.45, 7) is 2.58. The number of hydrogen-bond donors (Lipinski definition) is 1. The summed E-state index contributed by atoms with van der Waals surface area (Å²) in [7, 11) is 0. The number of rotatable bonds is 2. The molecule has 2 aromatic rings. The summed E-state index contributed by atoms with van der Waals surface area (Å²) in [5, 5.41) is 11.0. The van der Waals surface area contributed by atoms with Crippen molar-refractivity contribution in [3.63, 3.8) is 0 Å². The van der Waals surface area contributed by atoms with E-state index >= 15 is 0 Å². The summed E-state index contributed by atoms with van der Waals surface area (Å²) in [6.07, 6.45) is 3.38. The third kappa shape index (κ3) is 2.43. The lowest BCUT2D eigenvalue weighted by atomic mass is 10.1. The molecule has 0 radical (unpaired) electrons. The highest BCUT2D eigenvalue weighted by Gasteiger charge is 2.32. The minimum absolute atomic E-state index is 0.0397. The molecule has 0 aliphatic carbocycles. The Morgan fingerprint density at radius 2 is 2.53 bits per heavy atom. The first kappa shape index (κ1) is 12.1. The highest BCUT2D eigenvalue weighted by molar-refractivity contribution is 7.10. The van der Waals surface area contributed by atoms with E-state index in [2.05, 4.69) is 20.1 Å². The van der Waals surface area contributed by atoms with Gasteiger partial charge in [-0.1, -0.05) is 9.64 Å². The Bertz CT molecular complexity index is 567. The van der Waals surface area contributed by atoms with Crippen LogP contribution in [0.5, 0.6) is 0 Å². The Hall–Kier alpha value is -1.96. The summed E-state index contributed by atoms with van der Waals surface area (Å²) in [6, 6.07) is 1.69. The first-order chi connectivity index (χ1) is 9.24. The lowest BCUT2D eigenvalue weighted by molar-refractivity contribution is 0.195. The van der Waals surface area contributed by atoms with Crippen molar-refractivity contribution in [2.75, 3.05) is 11.9 Å². The van der Waals surface area contributed by atoms with Gasteiger partial charge in [-0.15, -0.1) is 5.10 Å². The molecule has 2 amide bonds. The molecule has 3 rings (SSSR count). The van der Waals surface area contributed by atoms with Crippen molar-refractivity contribution >= 4 is 22.6 Å². The van der Waals surface area contributed by atoms with E-state index in [-0.39, 0.29) is 12.1 Å². The molecule has 19 heavy (non-hydrogen) atoms. The van der Waals surface area contributed by atoms with E-state index in [4.69, 9.17) is 4.52 Å². The molecule has 0 unspecified atom stereocenters. The number of urea groups is 1. The van der Waals surface area contributed by atoms with Crippen LogP contribution in [0.4, 0.5) is 9.80 Å². The number of carbonyl (C=O) groups is 1. The van der Waals surface area contributed by atoms with Gasteiger partial charge in [0.2, 0.25) is 0 Å². The predicted octanol–water partition coefficient (Wildman–Crippen LogP) is 2.20. The summed E-state index contributed by atoms with van der Waals surface area (Å²) < 4.78 is 8.98. The van der Waals surface area contributed by atoms with Crippen molar-refractivity contribution in [1.29, 1.82) is 0 Å². The van der Waals surface area contributed by atoms with Crippen molar-refractivity contribution in [3.05, 3.63) is 23.7 Å².